The lowest BCUT2D eigenvalue weighted by Crippen LogP contribution is -2.45. The van der Waals surface area contributed by atoms with Crippen LogP contribution in [0.1, 0.15) is 5.56 Å². The molecule has 1 aromatic rings. The molecule has 0 amide bonds. The van der Waals surface area contributed by atoms with Crippen molar-refractivity contribution < 1.29 is 13.2 Å². The second kappa shape index (κ2) is 6.29. The summed E-state index contributed by atoms with van der Waals surface area (Å²) in [5.41, 5.74) is 0.831. The summed E-state index contributed by atoms with van der Waals surface area (Å²) in [6.07, 6.45) is 0.218. The maximum Gasteiger partial charge on any atom is 0.279 e. The first-order valence-electron chi connectivity index (χ1n) is 5.26. The van der Waals surface area contributed by atoms with E-state index in [-0.39, 0.29) is 6.42 Å². The number of nitrogens with one attached hydrogen (secondary N) is 1. The highest BCUT2D eigenvalue weighted by Gasteiger charge is 2.24. The van der Waals surface area contributed by atoms with E-state index in [0.717, 1.165) is 9.87 Å². The van der Waals surface area contributed by atoms with E-state index in [4.69, 9.17) is 11.6 Å². The summed E-state index contributed by atoms with van der Waals surface area (Å²) in [5, 5.41) is -0.732. The molecule has 0 aliphatic rings. The predicted octanol–water partition coefficient (Wildman–Crippen LogP) is 0.759. The zero-order chi connectivity index (χ0) is 13.8. The quantitative estimate of drug-likeness (QED) is 0.787. The van der Waals surface area contributed by atoms with E-state index >= 15 is 0 Å². The summed E-state index contributed by atoms with van der Waals surface area (Å²) in [6, 6.07) is 8.09. The Bertz CT molecular complexity index is 502. The number of carbonyl (C=O) groups is 1. The molecule has 1 aromatic carbocycles. The molecule has 100 valence electrons. The molecule has 0 heterocycles. The highest BCUT2D eigenvalue weighted by atomic mass is 35.5. The van der Waals surface area contributed by atoms with Gasteiger partial charge in [-0.25, -0.2) is 0 Å². The Kier molecular flexibility index (Phi) is 5.28. The van der Waals surface area contributed by atoms with Crippen LogP contribution in [-0.2, 0) is 21.4 Å². The summed E-state index contributed by atoms with van der Waals surface area (Å²) >= 11 is 5.42. The average molecular weight is 291 g/mol. The fraction of sp³-hybridized carbons (Fsp3) is 0.364. The lowest BCUT2D eigenvalue weighted by molar-refractivity contribution is -0.113. The predicted molar refractivity (Wildman–Crippen MR) is 70.5 cm³/mol. The Morgan fingerprint density at radius 1 is 1.33 bits per heavy atom. The van der Waals surface area contributed by atoms with Gasteiger partial charge in [0, 0.05) is 14.1 Å². The van der Waals surface area contributed by atoms with Gasteiger partial charge in [0.25, 0.3) is 10.2 Å². The standard InChI is InChI=1S/C11H15ClN2O3S/c1-14(2)18(16,17)13-10(11(12)15)8-9-6-4-3-5-7-9/h3-7,10,13H,8H2,1-2H3. The molecule has 1 rings (SSSR count). The van der Waals surface area contributed by atoms with Crippen molar-refractivity contribution in [2.75, 3.05) is 14.1 Å². The highest BCUT2D eigenvalue weighted by Crippen LogP contribution is 2.07. The van der Waals surface area contributed by atoms with Gasteiger partial charge in [0.1, 0.15) is 6.04 Å². The molecule has 0 saturated carbocycles. The van der Waals surface area contributed by atoms with Crippen LogP contribution in [0.5, 0.6) is 0 Å². The number of benzene rings is 1. The van der Waals surface area contributed by atoms with Gasteiger partial charge in [0.2, 0.25) is 5.24 Å². The van der Waals surface area contributed by atoms with Crippen LogP contribution >= 0.6 is 11.6 Å². The molecular weight excluding hydrogens is 276 g/mol. The molecule has 1 N–H and O–H groups in total. The van der Waals surface area contributed by atoms with Crippen LogP contribution in [-0.4, -0.2) is 38.1 Å². The highest BCUT2D eigenvalue weighted by molar-refractivity contribution is 7.87. The van der Waals surface area contributed by atoms with Gasteiger partial charge in [-0.2, -0.15) is 17.4 Å². The topological polar surface area (TPSA) is 66.5 Å². The van der Waals surface area contributed by atoms with Crippen LogP contribution in [0, 0.1) is 0 Å². The molecule has 1 unspecified atom stereocenters. The molecular formula is C11H15ClN2O3S. The van der Waals surface area contributed by atoms with Crippen LogP contribution in [0.3, 0.4) is 0 Å². The van der Waals surface area contributed by atoms with Crippen molar-refractivity contribution in [1.29, 1.82) is 0 Å². The fourth-order valence-corrected chi connectivity index (χ4v) is 2.26. The molecule has 0 fully saturated rings. The summed E-state index contributed by atoms with van der Waals surface area (Å²) < 4.78 is 26.5. The lowest BCUT2D eigenvalue weighted by atomic mass is 10.1. The minimum Gasteiger partial charge on any atom is -0.279 e. The third-order valence-corrected chi connectivity index (χ3v) is 4.14. The van der Waals surface area contributed by atoms with Gasteiger partial charge >= 0.3 is 0 Å². The van der Waals surface area contributed by atoms with Gasteiger partial charge in [0.05, 0.1) is 0 Å². The van der Waals surface area contributed by atoms with Crippen LogP contribution in [0.4, 0.5) is 0 Å². The van der Waals surface area contributed by atoms with Crippen molar-refractivity contribution in [2.45, 2.75) is 12.5 Å². The van der Waals surface area contributed by atoms with Gasteiger partial charge in [-0.15, -0.1) is 0 Å². The zero-order valence-electron chi connectivity index (χ0n) is 10.1. The molecule has 0 saturated heterocycles. The number of rotatable bonds is 6. The summed E-state index contributed by atoms with van der Waals surface area (Å²) in [6.45, 7) is 0. The minimum absolute atomic E-state index is 0.218. The first-order valence-corrected chi connectivity index (χ1v) is 7.08. The van der Waals surface area contributed by atoms with E-state index in [1.165, 1.54) is 14.1 Å². The zero-order valence-corrected chi connectivity index (χ0v) is 11.7. The molecule has 18 heavy (non-hydrogen) atoms. The van der Waals surface area contributed by atoms with Crippen molar-refractivity contribution in [3.05, 3.63) is 35.9 Å². The number of hydrogen-bond donors (Lipinski definition) is 1. The van der Waals surface area contributed by atoms with Gasteiger partial charge in [0.15, 0.2) is 0 Å². The third kappa shape index (κ3) is 4.38. The van der Waals surface area contributed by atoms with Crippen molar-refractivity contribution in [2.24, 2.45) is 0 Å². The van der Waals surface area contributed by atoms with E-state index in [9.17, 15) is 13.2 Å². The average Bonchev–Trinajstić information content (AvgIpc) is 2.29. The fourth-order valence-electron chi connectivity index (χ4n) is 1.30. The monoisotopic (exact) mass is 290 g/mol. The van der Waals surface area contributed by atoms with Crippen LogP contribution in [0.25, 0.3) is 0 Å². The Morgan fingerprint density at radius 2 is 1.89 bits per heavy atom. The molecule has 0 aliphatic heterocycles. The normalized spacial score (nSPS) is 13.6. The van der Waals surface area contributed by atoms with Crippen molar-refractivity contribution in [3.63, 3.8) is 0 Å². The molecule has 1 atom stereocenters. The van der Waals surface area contributed by atoms with Crippen molar-refractivity contribution in [3.8, 4) is 0 Å². The Balaban J connectivity index is 2.83. The maximum atomic E-state index is 11.6. The Hall–Kier alpha value is -0.950. The molecule has 0 spiro atoms. The summed E-state index contributed by atoms with van der Waals surface area (Å²) in [5.74, 6) is 0. The lowest BCUT2D eigenvalue weighted by Gasteiger charge is -2.18. The second-order valence-corrected chi connectivity index (χ2v) is 6.24. The summed E-state index contributed by atoms with van der Waals surface area (Å²) in [4.78, 5) is 11.3. The van der Waals surface area contributed by atoms with E-state index in [1.54, 1.807) is 12.1 Å². The Morgan fingerprint density at radius 3 is 2.33 bits per heavy atom. The van der Waals surface area contributed by atoms with E-state index in [2.05, 4.69) is 4.72 Å². The SMILES string of the molecule is CN(C)S(=O)(=O)NC(Cc1ccccc1)C(=O)Cl. The molecule has 5 nitrogen and oxygen atoms in total. The Labute approximate surface area is 112 Å². The smallest absolute Gasteiger partial charge is 0.279 e. The number of carbonyl (C=O) groups excluding carboxylic acids is 1. The van der Waals surface area contributed by atoms with Gasteiger partial charge in [-0.3, -0.25) is 4.79 Å². The largest absolute Gasteiger partial charge is 0.279 e. The molecule has 7 heteroatoms. The number of hydrogen-bond acceptors (Lipinski definition) is 3. The van der Waals surface area contributed by atoms with Crippen LogP contribution in [0.2, 0.25) is 0 Å². The number of nitrogens with zero attached hydrogens (tertiary/aromatic N) is 1. The summed E-state index contributed by atoms with van der Waals surface area (Å²) in [7, 11) is -0.933. The van der Waals surface area contributed by atoms with E-state index in [1.807, 2.05) is 18.2 Å². The first kappa shape index (κ1) is 15.1. The second-order valence-electron chi connectivity index (χ2n) is 3.95. The maximum absolute atomic E-state index is 11.6. The van der Waals surface area contributed by atoms with Crippen molar-refractivity contribution in [1.82, 2.24) is 9.03 Å². The molecule has 0 aromatic heterocycles. The first-order chi connectivity index (χ1) is 8.33. The van der Waals surface area contributed by atoms with Crippen LogP contribution < -0.4 is 4.72 Å². The van der Waals surface area contributed by atoms with Gasteiger partial charge in [-0.1, -0.05) is 30.3 Å². The van der Waals surface area contributed by atoms with E-state index < -0.39 is 21.5 Å². The third-order valence-electron chi connectivity index (χ3n) is 2.33. The van der Waals surface area contributed by atoms with Crippen LogP contribution in [0.15, 0.2) is 30.3 Å². The molecule has 0 radical (unpaired) electrons. The van der Waals surface area contributed by atoms with Gasteiger partial charge < -0.3 is 0 Å². The van der Waals surface area contributed by atoms with Crippen molar-refractivity contribution >= 4 is 27.1 Å². The van der Waals surface area contributed by atoms with Gasteiger partial charge in [-0.05, 0) is 23.6 Å². The van der Waals surface area contributed by atoms with E-state index in [0.29, 0.717) is 0 Å². The molecule has 0 aliphatic carbocycles. The molecule has 0 bridgehead atoms. The number of halogens is 1. The minimum atomic E-state index is -3.68.